The quantitative estimate of drug-likeness (QED) is 0.752. The first kappa shape index (κ1) is 16.0. The summed E-state index contributed by atoms with van der Waals surface area (Å²) in [6.45, 7) is 9.42. The van der Waals surface area contributed by atoms with E-state index in [1.165, 1.54) is 11.1 Å². The largest absolute Gasteiger partial charge is 0.493 e. The van der Waals surface area contributed by atoms with Gasteiger partial charge in [-0.25, -0.2) is 0 Å². The molecule has 0 bridgehead atoms. The lowest BCUT2D eigenvalue weighted by Gasteiger charge is -2.18. The van der Waals surface area contributed by atoms with Crippen LogP contribution < -0.4 is 10.5 Å². The van der Waals surface area contributed by atoms with E-state index in [1.54, 1.807) is 0 Å². The van der Waals surface area contributed by atoms with Gasteiger partial charge in [0.15, 0.2) is 0 Å². The third kappa shape index (κ3) is 4.83. The maximum absolute atomic E-state index is 5.81. The van der Waals surface area contributed by atoms with Crippen molar-refractivity contribution in [1.82, 2.24) is 0 Å². The van der Waals surface area contributed by atoms with Gasteiger partial charge in [0.05, 0.1) is 11.6 Å². The molecule has 1 aromatic rings. The van der Waals surface area contributed by atoms with E-state index >= 15 is 0 Å². The number of rotatable bonds is 7. The number of thiocarbonyl (C=S) groups is 1. The van der Waals surface area contributed by atoms with Gasteiger partial charge < -0.3 is 10.5 Å². The second kappa shape index (κ2) is 7.49. The van der Waals surface area contributed by atoms with Gasteiger partial charge in [-0.15, -0.1) is 0 Å². The zero-order chi connectivity index (χ0) is 14.4. The zero-order valence-corrected chi connectivity index (χ0v) is 13.2. The van der Waals surface area contributed by atoms with Crippen molar-refractivity contribution in [2.45, 2.75) is 52.4 Å². The summed E-state index contributed by atoms with van der Waals surface area (Å²) >= 11 is 4.99. The lowest BCUT2D eigenvalue weighted by atomic mass is 9.92. The van der Waals surface area contributed by atoms with Gasteiger partial charge in [0.25, 0.3) is 0 Å². The van der Waals surface area contributed by atoms with Crippen LogP contribution in [0.3, 0.4) is 0 Å². The van der Waals surface area contributed by atoms with Crippen molar-refractivity contribution in [3.05, 3.63) is 29.3 Å². The minimum Gasteiger partial charge on any atom is -0.493 e. The lowest BCUT2D eigenvalue weighted by Crippen LogP contribution is -2.12. The number of hydrogen-bond acceptors (Lipinski definition) is 2. The van der Waals surface area contributed by atoms with Crippen LogP contribution in [0.15, 0.2) is 18.2 Å². The Balaban J connectivity index is 2.98. The molecule has 2 N–H and O–H groups in total. The number of benzene rings is 1. The molecule has 0 radical (unpaired) electrons. The Morgan fingerprint density at radius 2 is 2.00 bits per heavy atom. The maximum Gasteiger partial charge on any atom is 0.122 e. The van der Waals surface area contributed by atoms with E-state index in [1.807, 2.05) is 0 Å². The van der Waals surface area contributed by atoms with Gasteiger partial charge in [-0.05, 0) is 35.4 Å². The Hall–Kier alpha value is -1.09. The van der Waals surface area contributed by atoms with E-state index in [9.17, 15) is 0 Å². The number of nitrogens with two attached hydrogens (primary N) is 1. The summed E-state index contributed by atoms with van der Waals surface area (Å²) in [7, 11) is 0. The molecule has 0 aliphatic rings. The smallest absolute Gasteiger partial charge is 0.122 e. The molecule has 0 saturated carbocycles. The van der Waals surface area contributed by atoms with Crippen LogP contribution in [0.1, 0.15) is 63.5 Å². The van der Waals surface area contributed by atoms with Crippen LogP contribution in [0.4, 0.5) is 0 Å². The summed E-state index contributed by atoms with van der Waals surface area (Å²) < 4.78 is 5.81. The summed E-state index contributed by atoms with van der Waals surface area (Å²) in [4.78, 5) is 0.574. The average Bonchev–Trinajstić information content (AvgIpc) is 2.35. The molecule has 0 aliphatic heterocycles. The lowest BCUT2D eigenvalue weighted by molar-refractivity contribution is 0.313. The highest BCUT2D eigenvalue weighted by Gasteiger charge is 2.13. The van der Waals surface area contributed by atoms with Gasteiger partial charge in [-0.1, -0.05) is 52.0 Å². The van der Waals surface area contributed by atoms with Crippen molar-refractivity contribution >= 4 is 17.2 Å². The van der Waals surface area contributed by atoms with Crippen molar-refractivity contribution in [3.8, 4) is 5.75 Å². The van der Waals surface area contributed by atoms with Gasteiger partial charge in [0, 0.05) is 6.42 Å². The summed E-state index contributed by atoms with van der Waals surface area (Å²) in [5.41, 5.74) is 8.17. The molecule has 0 amide bonds. The molecular formula is C16H25NOS. The third-order valence-electron chi connectivity index (χ3n) is 3.19. The highest BCUT2D eigenvalue weighted by atomic mass is 32.1. The Kier molecular flexibility index (Phi) is 6.29. The van der Waals surface area contributed by atoms with E-state index in [4.69, 9.17) is 22.7 Å². The monoisotopic (exact) mass is 279 g/mol. The van der Waals surface area contributed by atoms with E-state index in [0.717, 1.165) is 25.2 Å². The van der Waals surface area contributed by atoms with Crippen LogP contribution in [-0.2, 0) is 0 Å². The topological polar surface area (TPSA) is 35.2 Å². The molecule has 3 heteroatoms. The third-order valence-corrected chi connectivity index (χ3v) is 3.36. The Bertz CT molecular complexity index is 429. The Morgan fingerprint density at radius 1 is 1.32 bits per heavy atom. The molecule has 1 atom stereocenters. The molecule has 1 rings (SSSR count). The molecule has 0 aliphatic carbocycles. The van der Waals surface area contributed by atoms with Gasteiger partial charge >= 0.3 is 0 Å². The molecule has 0 aromatic heterocycles. The first-order valence-electron chi connectivity index (χ1n) is 7.00. The van der Waals surface area contributed by atoms with Crippen LogP contribution in [-0.4, -0.2) is 11.6 Å². The SMILES string of the molecule is CCCOc1ccc(C(C)CC(N)=S)cc1C(C)C. The van der Waals surface area contributed by atoms with Crippen LogP contribution in [0.25, 0.3) is 0 Å². The van der Waals surface area contributed by atoms with Crippen LogP contribution >= 0.6 is 12.2 Å². The van der Waals surface area contributed by atoms with E-state index in [-0.39, 0.29) is 0 Å². The highest BCUT2D eigenvalue weighted by molar-refractivity contribution is 7.80. The zero-order valence-electron chi connectivity index (χ0n) is 12.4. The molecule has 1 aromatic carbocycles. The first-order chi connectivity index (χ1) is 8.95. The van der Waals surface area contributed by atoms with Crippen LogP contribution in [0, 0.1) is 0 Å². The van der Waals surface area contributed by atoms with Gasteiger partial charge in [-0.3, -0.25) is 0 Å². The van der Waals surface area contributed by atoms with Crippen molar-refractivity contribution in [1.29, 1.82) is 0 Å². The fourth-order valence-electron chi connectivity index (χ4n) is 2.09. The Labute approximate surface area is 122 Å². The van der Waals surface area contributed by atoms with Gasteiger partial charge in [0.2, 0.25) is 0 Å². The second-order valence-electron chi connectivity index (χ2n) is 5.37. The maximum atomic E-state index is 5.81. The van der Waals surface area contributed by atoms with Crippen LogP contribution in [0.5, 0.6) is 5.75 Å². The highest BCUT2D eigenvalue weighted by Crippen LogP contribution is 2.31. The minimum absolute atomic E-state index is 0.357. The first-order valence-corrected chi connectivity index (χ1v) is 7.41. The van der Waals surface area contributed by atoms with Gasteiger partial charge in [0.1, 0.15) is 5.75 Å². The molecule has 1 unspecified atom stereocenters. The van der Waals surface area contributed by atoms with Crippen molar-refractivity contribution in [2.24, 2.45) is 5.73 Å². The molecule has 2 nitrogen and oxygen atoms in total. The molecule has 19 heavy (non-hydrogen) atoms. The fraction of sp³-hybridized carbons (Fsp3) is 0.562. The van der Waals surface area contributed by atoms with E-state index < -0.39 is 0 Å². The summed E-state index contributed by atoms with van der Waals surface area (Å²) in [6, 6.07) is 6.44. The molecule has 0 saturated heterocycles. The van der Waals surface area contributed by atoms with E-state index in [0.29, 0.717) is 16.8 Å². The molecule has 0 heterocycles. The molecule has 106 valence electrons. The predicted molar refractivity (Wildman–Crippen MR) is 86.1 cm³/mol. The normalized spacial score (nSPS) is 12.5. The minimum atomic E-state index is 0.357. The fourth-order valence-corrected chi connectivity index (χ4v) is 2.34. The van der Waals surface area contributed by atoms with E-state index in [2.05, 4.69) is 45.9 Å². The molecule has 0 fully saturated rings. The Morgan fingerprint density at radius 3 is 2.53 bits per heavy atom. The summed E-state index contributed by atoms with van der Waals surface area (Å²) in [5.74, 6) is 1.81. The summed E-state index contributed by atoms with van der Waals surface area (Å²) in [6.07, 6.45) is 1.78. The van der Waals surface area contributed by atoms with Gasteiger partial charge in [-0.2, -0.15) is 0 Å². The van der Waals surface area contributed by atoms with Crippen molar-refractivity contribution < 1.29 is 4.74 Å². The second-order valence-corrected chi connectivity index (χ2v) is 5.90. The average molecular weight is 279 g/mol. The summed E-state index contributed by atoms with van der Waals surface area (Å²) in [5, 5.41) is 0. The van der Waals surface area contributed by atoms with Crippen LogP contribution in [0.2, 0.25) is 0 Å². The predicted octanol–water partition coefficient (Wildman–Crippen LogP) is 4.38. The number of hydrogen-bond donors (Lipinski definition) is 1. The molecule has 0 spiro atoms. The number of ether oxygens (including phenoxy) is 1. The van der Waals surface area contributed by atoms with Crippen molar-refractivity contribution in [3.63, 3.8) is 0 Å². The molecular weight excluding hydrogens is 254 g/mol. The standard InChI is InChI=1S/C16H25NOS/c1-5-8-18-15-7-6-13(10-14(15)11(2)3)12(4)9-16(17)19/h6-7,10-12H,5,8-9H2,1-4H3,(H2,17,19). The van der Waals surface area contributed by atoms with Crippen molar-refractivity contribution in [2.75, 3.05) is 6.61 Å².